The predicted molar refractivity (Wildman–Crippen MR) is 104 cm³/mol. The van der Waals surface area contributed by atoms with Gasteiger partial charge in [-0.15, -0.1) is 24.0 Å². The van der Waals surface area contributed by atoms with Crippen LogP contribution in [0.1, 0.15) is 25.8 Å². The number of halogens is 1. The first-order valence-corrected chi connectivity index (χ1v) is 7.57. The van der Waals surface area contributed by atoms with Crippen LogP contribution in [0.4, 0.5) is 0 Å². The summed E-state index contributed by atoms with van der Waals surface area (Å²) in [7, 11) is 1.79. The van der Waals surface area contributed by atoms with E-state index in [1.54, 1.807) is 25.8 Å². The third-order valence-corrected chi connectivity index (χ3v) is 3.28. The first-order valence-electron chi connectivity index (χ1n) is 7.57. The number of hydrogen-bond donors (Lipinski definition) is 2. The average Bonchev–Trinajstić information content (AvgIpc) is 3.05. The lowest BCUT2D eigenvalue weighted by atomic mass is 10.1. The number of imidazole rings is 1. The van der Waals surface area contributed by atoms with Crippen molar-refractivity contribution < 1.29 is 0 Å². The van der Waals surface area contributed by atoms with Crippen LogP contribution in [0.3, 0.4) is 0 Å². The van der Waals surface area contributed by atoms with Crippen LogP contribution in [0, 0.1) is 5.92 Å². The van der Waals surface area contributed by atoms with Crippen molar-refractivity contribution in [2.24, 2.45) is 10.9 Å². The highest BCUT2D eigenvalue weighted by Crippen LogP contribution is 2.06. The lowest BCUT2D eigenvalue weighted by Gasteiger charge is -2.13. The van der Waals surface area contributed by atoms with Gasteiger partial charge in [-0.25, -0.2) is 9.97 Å². The lowest BCUT2D eigenvalue weighted by molar-refractivity contribution is 0.573. The molecule has 126 valence electrons. The van der Waals surface area contributed by atoms with E-state index in [0.29, 0.717) is 12.5 Å². The van der Waals surface area contributed by atoms with Crippen molar-refractivity contribution in [2.75, 3.05) is 13.6 Å². The van der Waals surface area contributed by atoms with Gasteiger partial charge in [-0.2, -0.15) is 0 Å². The summed E-state index contributed by atoms with van der Waals surface area (Å²) in [6, 6.07) is 4.03. The summed E-state index contributed by atoms with van der Waals surface area (Å²) in [6.45, 7) is 6.05. The number of rotatable bonds is 6. The molecule has 2 rings (SSSR count). The third-order valence-electron chi connectivity index (χ3n) is 3.28. The topological polar surface area (TPSA) is 67.1 Å². The molecule has 2 heterocycles. The molecule has 0 unspecified atom stereocenters. The minimum absolute atomic E-state index is 0. The van der Waals surface area contributed by atoms with Gasteiger partial charge in [0.15, 0.2) is 5.96 Å². The van der Waals surface area contributed by atoms with E-state index in [4.69, 9.17) is 0 Å². The molecule has 0 bridgehead atoms. The zero-order valence-corrected chi connectivity index (χ0v) is 16.2. The normalized spacial score (nSPS) is 11.2. The molecular formula is C16H25IN6. The predicted octanol–water partition coefficient (Wildman–Crippen LogP) is 2.60. The molecule has 0 fully saturated rings. The van der Waals surface area contributed by atoms with Gasteiger partial charge in [-0.05, 0) is 30.0 Å². The zero-order valence-electron chi connectivity index (χ0n) is 13.9. The van der Waals surface area contributed by atoms with Crippen LogP contribution in [-0.4, -0.2) is 34.1 Å². The van der Waals surface area contributed by atoms with Crippen molar-refractivity contribution >= 4 is 29.9 Å². The van der Waals surface area contributed by atoms with Crippen molar-refractivity contribution in [3.05, 3.63) is 42.6 Å². The molecule has 0 amide bonds. The van der Waals surface area contributed by atoms with Gasteiger partial charge in [0, 0.05) is 38.7 Å². The largest absolute Gasteiger partial charge is 0.356 e. The van der Waals surface area contributed by atoms with Crippen molar-refractivity contribution in [2.45, 2.75) is 26.8 Å². The van der Waals surface area contributed by atoms with Gasteiger partial charge in [0.2, 0.25) is 0 Å². The Bertz CT molecular complexity index is 594. The number of guanidine groups is 1. The summed E-state index contributed by atoms with van der Waals surface area (Å²) in [5.41, 5.74) is 1.14. The van der Waals surface area contributed by atoms with Crippen molar-refractivity contribution in [3.63, 3.8) is 0 Å². The maximum atomic E-state index is 4.35. The Balaban J connectivity index is 0.00000264. The molecule has 2 N–H and O–H groups in total. The average molecular weight is 428 g/mol. The Morgan fingerprint density at radius 3 is 2.78 bits per heavy atom. The van der Waals surface area contributed by atoms with E-state index in [0.717, 1.165) is 30.3 Å². The Labute approximate surface area is 154 Å². The summed E-state index contributed by atoms with van der Waals surface area (Å²) in [4.78, 5) is 12.6. The fraction of sp³-hybridized carbons (Fsp3) is 0.438. The van der Waals surface area contributed by atoms with Crippen LogP contribution in [0.25, 0.3) is 5.82 Å². The van der Waals surface area contributed by atoms with Crippen LogP contribution in [0.2, 0.25) is 0 Å². The van der Waals surface area contributed by atoms with Gasteiger partial charge >= 0.3 is 0 Å². The molecule has 0 aromatic carbocycles. The highest BCUT2D eigenvalue weighted by Gasteiger charge is 2.02. The molecule has 23 heavy (non-hydrogen) atoms. The molecule has 2 aromatic rings. The van der Waals surface area contributed by atoms with E-state index >= 15 is 0 Å². The van der Waals surface area contributed by atoms with Gasteiger partial charge in [-0.1, -0.05) is 13.8 Å². The van der Waals surface area contributed by atoms with E-state index in [2.05, 4.69) is 39.4 Å². The minimum Gasteiger partial charge on any atom is -0.356 e. The van der Waals surface area contributed by atoms with E-state index in [-0.39, 0.29) is 24.0 Å². The number of pyridine rings is 1. The van der Waals surface area contributed by atoms with E-state index < -0.39 is 0 Å². The van der Waals surface area contributed by atoms with E-state index in [1.807, 2.05) is 22.9 Å². The summed E-state index contributed by atoms with van der Waals surface area (Å²) in [5, 5.41) is 6.64. The van der Waals surface area contributed by atoms with Gasteiger partial charge in [0.25, 0.3) is 0 Å². The maximum Gasteiger partial charge on any atom is 0.191 e. The van der Waals surface area contributed by atoms with Gasteiger partial charge in [0.05, 0.1) is 0 Å². The van der Waals surface area contributed by atoms with Crippen molar-refractivity contribution in [3.8, 4) is 5.82 Å². The van der Waals surface area contributed by atoms with Crippen molar-refractivity contribution in [1.29, 1.82) is 0 Å². The fourth-order valence-electron chi connectivity index (χ4n) is 1.99. The van der Waals surface area contributed by atoms with E-state index in [1.165, 1.54) is 0 Å². The molecule has 0 radical (unpaired) electrons. The van der Waals surface area contributed by atoms with Crippen LogP contribution < -0.4 is 10.6 Å². The van der Waals surface area contributed by atoms with Gasteiger partial charge in [-0.3, -0.25) is 9.56 Å². The second-order valence-electron chi connectivity index (χ2n) is 5.53. The summed E-state index contributed by atoms with van der Waals surface area (Å²) in [6.07, 6.45) is 8.30. The third kappa shape index (κ3) is 6.55. The second-order valence-corrected chi connectivity index (χ2v) is 5.53. The first-order chi connectivity index (χ1) is 10.7. The Kier molecular flexibility index (Phi) is 8.60. The summed E-state index contributed by atoms with van der Waals surface area (Å²) >= 11 is 0. The fourth-order valence-corrected chi connectivity index (χ4v) is 1.99. The number of aromatic nitrogens is 3. The molecule has 6 nitrogen and oxygen atoms in total. The molecule has 0 saturated carbocycles. The first kappa shape index (κ1) is 19.4. The zero-order chi connectivity index (χ0) is 15.8. The molecule has 2 aromatic heterocycles. The Morgan fingerprint density at radius 2 is 2.13 bits per heavy atom. The van der Waals surface area contributed by atoms with E-state index in [9.17, 15) is 0 Å². The number of nitrogens with zero attached hydrogens (tertiary/aromatic N) is 4. The smallest absolute Gasteiger partial charge is 0.191 e. The Hall–Kier alpha value is -1.64. The van der Waals surface area contributed by atoms with Crippen LogP contribution in [0.5, 0.6) is 0 Å². The summed E-state index contributed by atoms with van der Waals surface area (Å²) < 4.78 is 1.89. The number of hydrogen-bond acceptors (Lipinski definition) is 3. The molecule has 0 saturated heterocycles. The highest BCUT2D eigenvalue weighted by molar-refractivity contribution is 14.0. The quantitative estimate of drug-likeness (QED) is 0.422. The SMILES string of the molecule is CN=C(NCCC(C)C)NCc1ccnc(-n2ccnc2)c1.I. The van der Waals surface area contributed by atoms with Crippen LogP contribution >= 0.6 is 24.0 Å². The van der Waals surface area contributed by atoms with Crippen LogP contribution in [-0.2, 0) is 6.54 Å². The minimum atomic E-state index is 0. The maximum absolute atomic E-state index is 4.35. The highest BCUT2D eigenvalue weighted by atomic mass is 127. The molecule has 0 atom stereocenters. The number of nitrogens with one attached hydrogen (secondary N) is 2. The van der Waals surface area contributed by atoms with Crippen molar-refractivity contribution in [1.82, 2.24) is 25.2 Å². The standard InChI is InChI=1S/C16H24N6.HI/c1-13(2)4-6-20-16(17-3)21-11-14-5-7-19-15(10-14)22-9-8-18-12-22;/h5,7-10,12-13H,4,6,11H2,1-3H3,(H2,17,20,21);1H. The lowest BCUT2D eigenvalue weighted by Crippen LogP contribution is -2.37. The molecule has 0 aliphatic heterocycles. The monoisotopic (exact) mass is 428 g/mol. The van der Waals surface area contributed by atoms with Gasteiger partial charge < -0.3 is 10.6 Å². The molecule has 7 heteroatoms. The second kappa shape index (κ2) is 10.2. The van der Waals surface area contributed by atoms with Crippen LogP contribution in [0.15, 0.2) is 42.0 Å². The molecule has 0 aliphatic rings. The Morgan fingerprint density at radius 1 is 1.30 bits per heavy atom. The molecule has 0 spiro atoms. The number of aliphatic imine (C=N–C) groups is 1. The molecule has 0 aliphatic carbocycles. The summed E-state index contributed by atoms with van der Waals surface area (Å²) in [5.74, 6) is 2.37. The molecular weight excluding hydrogens is 403 g/mol. The van der Waals surface area contributed by atoms with Gasteiger partial charge in [0.1, 0.15) is 12.1 Å².